The van der Waals surface area contributed by atoms with E-state index in [1.54, 1.807) is 11.3 Å². The molecular formula is C21H27N5O3S. The summed E-state index contributed by atoms with van der Waals surface area (Å²) in [4.78, 5) is 22.8. The molecule has 0 radical (unpaired) electrons. The van der Waals surface area contributed by atoms with Gasteiger partial charge in [-0.1, -0.05) is 30.2 Å². The van der Waals surface area contributed by atoms with Crippen LogP contribution in [0.4, 0.5) is 0 Å². The van der Waals surface area contributed by atoms with E-state index in [0.29, 0.717) is 41.8 Å². The fraction of sp³-hybridized carbons (Fsp3) is 0.524. The van der Waals surface area contributed by atoms with Crippen molar-refractivity contribution >= 4 is 17.2 Å². The molecule has 1 fully saturated rings. The van der Waals surface area contributed by atoms with Crippen LogP contribution in [-0.4, -0.2) is 63.7 Å². The molecule has 30 heavy (non-hydrogen) atoms. The molecule has 0 atom stereocenters. The van der Waals surface area contributed by atoms with Crippen LogP contribution in [0.25, 0.3) is 10.7 Å². The third-order valence-corrected chi connectivity index (χ3v) is 6.23. The van der Waals surface area contributed by atoms with E-state index in [4.69, 9.17) is 9.05 Å². The standard InChI is InChI=1S/C21H27N5O3S/c1-14(2)19-18(15(3)23-29-19)21(27)26-11-9-25(10-12-26)8-4-7-17-22-20(24-28-17)16-6-5-13-30-16/h5-6,13-14H,4,7-12H2,1-3H3. The molecule has 0 spiro atoms. The van der Waals surface area contributed by atoms with Crippen LogP contribution in [0.1, 0.15) is 53.9 Å². The molecule has 0 unspecified atom stereocenters. The van der Waals surface area contributed by atoms with Crippen molar-refractivity contribution in [2.75, 3.05) is 32.7 Å². The monoisotopic (exact) mass is 429 g/mol. The average molecular weight is 430 g/mol. The molecule has 0 aliphatic carbocycles. The summed E-state index contributed by atoms with van der Waals surface area (Å²) in [6, 6.07) is 3.97. The third-order valence-electron chi connectivity index (χ3n) is 5.36. The normalized spacial score (nSPS) is 15.3. The van der Waals surface area contributed by atoms with Gasteiger partial charge in [-0.2, -0.15) is 4.98 Å². The number of aromatic nitrogens is 3. The van der Waals surface area contributed by atoms with Gasteiger partial charge in [0, 0.05) is 38.5 Å². The Morgan fingerprint density at radius 2 is 2.00 bits per heavy atom. The molecule has 0 bridgehead atoms. The molecule has 0 aromatic carbocycles. The first kappa shape index (κ1) is 20.7. The van der Waals surface area contributed by atoms with E-state index >= 15 is 0 Å². The first-order chi connectivity index (χ1) is 14.5. The van der Waals surface area contributed by atoms with E-state index in [0.717, 1.165) is 37.4 Å². The summed E-state index contributed by atoms with van der Waals surface area (Å²) in [5.74, 6) is 2.19. The summed E-state index contributed by atoms with van der Waals surface area (Å²) in [5.41, 5.74) is 1.31. The molecule has 1 saturated heterocycles. The molecule has 0 N–H and O–H groups in total. The van der Waals surface area contributed by atoms with Gasteiger partial charge < -0.3 is 13.9 Å². The number of thiophene rings is 1. The molecule has 1 aliphatic heterocycles. The highest BCUT2D eigenvalue weighted by Gasteiger charge is 2.29. The Bertz CT molecular complexity index is 971. The number of aryl methyl sites for hydroxylation is 2. The van der Waals surface area contributed by atoms with E-state index in [2.05, 4.69) is 20.2 Å². The lowest BCUT2D eigenvalue weighted by molar-refractivity contribution is 0.0632. The highest BCUT2D eigenvalue weighted by molar-refractivity contribution is 7.13. The number of nitrogens with zero attached hydrogens (tertiary/aromatic N) is 5. The Morgan fingerprint density at radius 1 is 1.20 bits per heavy atom. The zero-order valence-corrected chi connectivity index (χ0v) is 18.4. The summed E-state index contributed by atoms with van der Waals surface area (Å²) in [7, 11) is 0. The van der Waals surface area contributed by atoms with E-state index in [-0.39, 0.29) is 11.8 Å². The lowest BCUT2D eigenvalue weighted by Gasteiger charge is -2.34. The molecule has 160 valence electrons. The largest absolute Gasteiger partial charge is 0.360 e. The molecule has 8 nitrogen and oxygen atoms in total. The van der Waals surface area contributed by atoms with Gasteiger partial charge in [0.15, 0.2) is 5.76 Å². The van der Waals surface area contributed by atoms with Gasteiger partial charge in [-0.25, -0.2) is 0 Å². The molecule has 3 aromatic heterocycles. The van der Waals surface area contributed by atoms with Gasteiger partial charge in [0.05, 0.1) is 10.6 Å². The number of amides is 1. The maximum Gasteiger partial charge on any atom is 0.259 e. The Morgan fingerprint density at radius 3 is 2.70 bits per heavy atom. The maximum absolute atomic E-state index is 13.0. The Kier molecular flexibility index (Phi) is 6.29. The van der Waals surface area contributed by atoms with Crippen molar-refractivity contribution in [2.45, 2.75) is 39.5 Å². The van der Waals surface area contributed by atoms with E-state index in [9.17, 15) is 4.79 Å². The minimum Gasteiger partial charge on any atom is -0.360 e. The van der Waals surface area contributed by atoms with Gasteiger partial charge in [0.1, 0.15) is 5.56 Å². The fourth-order valence-electron chi connectivity index (χ4n) is 3.69. The minimum atomic E-state index is 0.0315. The summed E-state index contributed by atoms with van der Waals surface area (Å²) >= 11 is 1.61. The zero-order valence-electron chi connectivity index (χ0n) is 17.6. The second kappa shape index (κ2) is 9.09. The Hall–Kier alpha value is -2.52. The predicted octanol–water partition coefficient (Wildman–Crippen LogP) is 3.61. The predicted molar refractivity (Wildman–Crippen MR) is 114 cm³/mol. The van der Waals surface area contributed by atoms with Crippen LogP contribution in [-0.2, 0) is 6.42 Å². The van der Waals surface area contributed by atoms with E-state index in [1.165, 1.54) is 0 Å². The van der Waals surface area contributed by atoms with E-state index in [1.807, 2.05) is 43.2 Å². The maximum atomic E-state index is 13.0. The van der Waals surface area contributed by atoms with Crippen LogP contribution in [0.2, 0.25) is 0 Å². The number of carbonyl (C=O) groups is 1. The number of carbonyl (C=O) groups excluding carboxylic acids is 1. The van der Waals surface area contributed by atoms with Crippen molar-refractivity contribution in [2.24, 2.45) is 0 Å². The number of hydrogen-bond acceptors (Lipinski definition) is 8. The van der Waals surface area contributed by atoms with Crippen LogP contribution >= 0.6 is 11.3 Å². The lowest BCUT2D eigenvalue weighted by Crippen LogP contribution is -2.49. The van der Waals surface area contributed by atoms with E-state index < -0.39 is 0 Å². The van der Waals surface area contributed by atoms with Gasteiger partial charge in [0.25, 0.3) is 5.91 Å². The van der Waals surface area contributed by atoms with Crippen LogP contribution in [0.3, 0.4) is 0 Å². The molecule has 3 aromatic rings. The van der Waals surface area contributed by atoms with Gasteiger partial charge in [-0.15, -0.1) is 11.3 Å². The minimum absolute atomic E-state index is 0.0315. The highest BCUT2D eigenvalue weighted by Crippen LogP contribution is 2.24. The molecular weight excluding hydrogens is 402 g/mol. The Labute approximate surface area is 179 Å². The van der Waals surface area contributed by atoms with Crippen molar-refractivity contribution in [3.8, 4) is 10.7 Å². The fourth-order valence-corrected chi connectivity index (χ4v) is 4.34. The molecule has 4 heterocycles. The molecule has 0 saturated carbocycles. The average Bonchev–Trinajstić information content (AvgIpc) is 3.48. The van der Waals surface area contributed by atoms with Crippen LogP contribution < -0.4 is 0 Å². The number of piperazine rings is 1. The summed E-state index contributed by atoms with van der Waals surface area (Å²) < 4.78 is 10.8. The van der Waals surface area contributed by atoms with Crippen LogP contribution in [0.5, 0.6) is 0 Å². The third kappa shape index (κ3) is 4.46. The molecule has 1 aliphatic rings. The first-order valence-corrected chi connectivity index (χ1v) is 11.2. The van der Waals surface area contributed by atoms with Crippen LogP contribution in [0, 0.1) is 6.92 Å². The van der Waals surface area contributed by atoms with Crippen molar-refractivity contribution in [3.05, 3.63) is 40.4 Å². The summed E-state index contributed by atoms with van der Waals surface area (Å²) in [5, 5.41) is 10.1. The smallest absolute Gasteiger partial charge is 0.259 e. The van der Waals surface area contributed by atoms with Crippen molar-refractivity contribution in [1.82, 2.24) is 25.1 Å². The zero-order chi connectivity index (χ0) is 21.1. The van der Waals surface area contributed by atoms with Crippen molar-refractivity contribution in [1.29, 1.82) is 0 Å². The summed E-state index contributed by atoms with van der Waals surface area (Å²) in [6.45, 7) is 9.95. The SMILES string of the molecule is Cc1noc(C(C)C)c1C(=O)N1CCN(CCCc2nc(-c3cccs3)no2)CC1. The quantitative estimate of drug-likeness (QED) is 0.567. The molecule has 4 rings (SSSR count). The first-order valence-electron chi connectivity index (χ1n) is 10.4. The van der Waals surface area contributed by atoms with Crippen molar-refractivity contribution in [3.63, 3.8) is 0 Å². The molecule has 9 heteroatoms. The van der Waals surface area contributed by atoms with Gasteiger partial charge >= 0.3 is 0 Å². The topological polar surface area (TPSA) is 88.5 Å². The second-order valence-corrected chi connectivity index (χ2v) is 8.84. The lowest BCUT2D eigenvalue weighted by atomic mass is 10.0. The van der Waals surface area contributed by atoms with Crippen molar-refractivity contribution < 1.29 is 13.8 Å². The van der Waals surface area contributed by atoms with Crippen LogP contribution in [0.15, 0.2) is 26.6 Å². The van der Waals surface area contributed by atoms with Gasteiger partial charge in [-0.3, -0.25) is 9.69 Å². The number of hydrogen-bond donors (Lipinski definition) is 0. The highest BCUT2D eigenvalue weighted by atomic mass is 32.1. The van der Waals surface area contributed by atoms with Gasteiger partial charge in [0.2, 0.25) is 11.7 Å². The molecule has 1 amide bonds. The second-order valence-electron chi connectivity index (χ2n) is 7.89. The van der Waals surface area contributed by atoms with Gasteiger partial charge in [-0.05, 0) is 31.3 Å². The summed E-state index contributed by atoms with van der Waals surface area (Å²) in [6.07, 6.45) is 1.71. The number of rotatable bonds is 7. The Balaban J connectivity index is 1.24.